The lowest BCUT2D eigenvalue weighted by molar-refractivity contribution is 0.102. The molecule has 0 saturated carbocycles. The average molecular weight is 274 g/mol. The third-order valence-electron chi connectivity index (χ3n) is 2.88. The molecule has 2 aromatic carbocycles. The predicted octanol–water partition coefficient (Wildman–Crippen LogP) is 4.42. The van der Waals surface area contributed by atoms with Crippen LogP contribution in [0.15, 0.2) is 47.4 Å². The molecule has 0 aliphatic heterocycles. The molecule has 0 N–H and O–H groups in total. The molecule has 1 nitrogen and oxygen atoms in total. The Morgan fingerprint density at radius 2 is 1.89 bits per heavy atom. The number of thioether (sulfide) groups is 1. The van der Waals surface area contributed by atoms with Crippen LogP contribution < -0.4 is 0 Å². The molecule has 0 atom stereocenters. The Morgan fingerprint density at radius 1 is 1.16 bits per heavy atom. The summed E-state index contributed by atoms with van der Waals surface area (Å²) in [6.07, 6.45) is 0. The van der Waals surface area contributed by atoms with E-state index in [1.54, 1.807) is 18.2 Å². The van der Waals surface area contributed by atoms with Gasteiger partial charge in [0.2, 0.25) is 0 Å². The maximum Gasteiger partial charge on any atom is 0.173 e. The zero-order chi connectivity index (χ0) is 13.8. The van der Waals surface area contributed by atoms with Crippen LogP contribution in [0.2, 0.25) is 0 Å². The van der Waals surface area contributed by atoms with Crippen molar-refractivity contribution in [1.82, 2.24) is 0 Å². The molecular weight excluding hydrogens is 259 g/mol. The van der Waals surface area contributed by atoms with Gasteiger partial charge < -0.3 is 0 Å². The molecule has 3 heteroatoms. The lowest BCUT2D eigenvalue weighted by Crippen LogP contribution is -2.05. The first-order valence-corrected chi connectivity index (χ1v) is 7.04. The van der Waals surface area contributed by atoms with Gasteiger partial charge in [-0.25, -0.2) is 4.39 Å². The zero-order valence-electron chi connectivity index (χ0n) is 10.9. The zero-order valence-corrected chi connectivity index (χ0v) is 11.8. The van der Waals surface area contributed by atoms with Gasteiger partial charge in [0.25, 0.3) is 0 Å². The quantitative estimate of drug-likeness (QED) is 0.606. The first-order valence-electron chi connectivity index (χ1n) is 6.05. The van der Waals surface area contributed by atoms with Crippen molar-refractivity contribution in [2.45, 2.75) is 18.7 Å². The second-order valence-corrected chi connectivity index (χ2v) is 5.48. The third kappa shape index (κ3) is 3.44. The number of halogens is 1. The SMILES string of the molecule is Cc1ccc(C(=O)CSc2ccccc2F)c(C)c1. The highest BCUT2D eigenvalue weighted by Crippen LogP contribution is 2.23. The summed E-state index contributed by atoms with van der Waals surface area (Å²) < 4.78 is 13.4. The summed E-state index contributed by atoms with van der Waals surface area (Å²) in [5.41, 5.74) is 2.82. The highest BCUT2D eigenvalue weighted by Gasteiger charge is 2.11. The van der Waals surface area contributed by atoms with E-state index in [2.05, 4.69) is 0 Å². The molecule has 0 radical (unpaired) electrons. The number of benzene rings is 2. The molecule has 0 spiro atoms. The number of aryl methyl sites for hydroxylation is 2. The summed E-state index contributed by atoms with van der Waals surface area (Å²) in [6.45, 7) is 3.92. The number of ketones is 1. The summed E-state index contributed by atoms with van der Waals surface area (Å²) in [6, 6.07) is 12.3. The van der Waals surface area contributed by atoms with Gasteiger partial charge in [-0.2, -0.15) is 0 Å². The van der Waals surface area contributed by atoms with Gasteiger partial charge in [-0.15, -0.1) is 11.8 Å². The minimum absolute atomic E-state index is 0.0331. The monoisotopic (exact) mass is 274 g/mol. The van der Waals surface area contributed by atoms with Gasteiger partial charge in [0.05, 0.1) is 5.75 Å². The lowest BCUT2D eigenvalue weighted by Gasteiger charge is -2.06. The summed E-state index contributed by atoms with van der Waals surface area (Å²) in [5, 5.41) is 0. The fourth-order valence-corrected chi connectivity index (χ4v) is 2.73. The van der Waals surface area contributed by atoms with Crippen LogP contribution in [-0.4, -0.2) is 11.5 Å². The second kappa shape index (κ2) is 6.02. The standard InChI is InChI=1S/C16H15FOS/c1-11-7-8-13(12(2)9-11)15(18)10-19-16-6-4-3-5-14(16)17/h3-9H,10H2,1-2H3. The van der Waals surface area contributed by atoms with Gasteiger partial charge in [0.1, 0.15) is 5.82 Å². The Labute approximate surface area is 116 Å². The van der Waals surface area contributed by atoms with Crippen molar-refractivity contribution in [3.63, 3.8) is 0 Å². The molecule has 19 heavy (non-hydrogen) atoms. The fourth-order valence-electron chi connectivity index (χ4n) is 1.91. The maximum atomic E-state index is 13.4. The van der Waals surface area contributed by atoms with Crippen molar-refractivity contribution >= 4 is 17.5 Å². The predicted molar refractivity (Wildman–Crippen MR) is 77.4 cm³/mol. The van der Waals surface area contributed by atoms with E-state index in [0.717, 1.165) is 16.7 Å². The van der Waals surface area contributed by atoms with Gasteiger partial charge >= 0.3 is 0 Å². The normalized spacial score (nSPS) is 10.5. The Balaban J connectivity index is 2.08. The fraction of sp³-hybridized carbons (Fsp3) is 0.188. The molecule has 0 unspecified atom stereocenters. The van der Waals surface area contributed by atoms with Crippen LogP contribution in [0.4, 0.5) is 4.39 Å². The minimum atomic E-state index is -0.277. The molecule has 0 fully saturated rings. The molecule has 0 aromatic heterocycles. The number of hydrogen-bond donors (Lipinski definition) is 0. The van der Waals surface area contributed by atoms with Crippen LogP contribution in [0, 0.1) is 19.7 Å². The van der Waals surface area contributed by atoms with E-state index >= 15 is 0 Å². The van der Waals surface area contributed by atoms with Gasteiger partial charge in [-0.05, 0) is 31.5 Å². The molecule has 0 aliphatic rings. The van der Waals surface area contributed by atoms with Crippen LogP contribution >= 0.6 is 11.8 Å². The van der Waals surface area contributed by atoms with E-state index in [9.17, 15) is 9.18 Å². The van der Waals surface area contributed by atoms with Crippen LogP contribution in [0.1, 0.15) is 21.5 Å². The van der Waals surface area contributed by atoms with Crippen molar-refractivity contribution in [2.24, 2.45) is 0 Å². The van der Waals surface area contributed by atoms with Crippen molar-refractivity contribution in [3.8, 4) is 0 Å². The topological polar surface area (TPSA) is 17.1 Å². The van der Waals surface area contributed by atoms with Gasteiger partial charge in [-0.1, -0.05) is 35.9 Å². The molecular formula is C16H15FOS. The first kappa shape index (κ1) is 13.8. The number of Topliss-reactive ketones (excluding diaryl/α,β-unsaturated/α-hetero) is 1. The van der Waals surface area contributed by atoms with E-state index in [0.29, 0.717) is 4.90 Å². The lowest BCUT2D eigenvalue weighted by atomic mass is 10.0. The Bertz CT molecular complexity index is 607. The van der Waals surface area contributed by atoms with Crippen molar-refractivity contribution in [1.29, 1.82) is 0 Å². The summed E-state index contributed by atoms with van der Waals surface area (Å²) in [7, 11) is 0. The van der Waals surface area contributed by atoms with Crippen LogP contribution in [-0.2, 0) is 0 Å². The summed E-state index contributed by atoms with van der Waals surface area (Å²) in [4.78, 5) is 12.6. The van der Waals surface area contributed by atoms with E-state index in [1.165, 1.54) is 17.8 Å². The van der Waals surface area contributed by atoms with Crippen molar-refractivity contribution in [2.75, 3.05) is 5.75 Å². The maximum absolute atomic E-state index is 13.4. The molecule has 0 bridgehead atoms. The van der Waals surface area contributed by atoms with Gasteiger partial charge in [0, 0.05) is 10.5 Å². The van der Waals surface area contributed by atoms with Crippen molar-refractivity contribution < 1.29 is 9.18 Å². The van der Waals surface area contributed by atoms with Crippen LogP contribution in [0.3, 0.4) is 0 Å². The Kier molecular flexibility index (Phi) is 4.38. The largest absolute Gasteiger partial charge is 0.293 e. The first-order chi connectivity index (χ1) is 9.08. The van der Waals surface area contributed by atoms with Crippen LogP contribution in [0.25, 0.3) is 0 Å². The Morgan fingerprint density at radius 3 is 2.58 bits per heavy atom. The van der Waals surface area contributed by atoms with Crippen molar-refractivity contribution in [3.05, 3.63) is 65.0 Å². The average Bonchev–Trinajstić information content (AvgIpc) is 2.37. The number of carbonyl (C=O) groups is 1. The molecule has 2 aromatic rings. The molecule has 0 saturated heterocycles. The third-order valence-corrected chi connectivity index (χ3v) is 3.93. The molecule has 0 amide bonds. The molecule has 0 heterocycles. The van der Waals surface area contributed by atoms with Crippen LogP contribution in [0.5, 0.6) is 0 Å². The number of hydrogen-bond acceptors (Lipinski definition) is 2. The number of carbonyl (C=O) groups excluding carboxylic acids is 1. The molecule has 98 valence electrons. The highest BCUT2D eigenvalue weighted by atomic mass is 32.2. The summed E-state index contributed by atoms with van der Waals surface area (Å²) >= 11 is 1.24. The van der Waals surface area contributed by atoms with E-state index < -0.39 is 0 Å². The minimum Gasteiger partial charge on any atom is -0.293 e. The number of rotatable bonds is 4. The van der Waals surface area contributed by atoms with E-state index in [1.807, 2.05) is 32.0 Å². The van der Waals surface area contributed by atoms with Gasteiger partial charge in [-0.3, -0.25) is 4.79 Å². The molecule has 0 aliphatic carbocycles. The van der Waals surface area contributed by atoms with E-state index in [-0.39, 0.29) is 17.4 Å². The molecule has 2 rings (SSSR count). The van der Waals surface area contributed by atoms with Gasteiger partial charge in [0.15, 0.2) is 5.78 Å². The highest BCUT2D eigenvalue weighted by molar-refractivity contribution is 8.00. The second-order valence-electron chi connectivity index (χ2n) is 4.46. The van der Waals surface area contributed by atoms with E-state index in [4.69, 9.17) is 0 Å². The Hall–Kier alpha value is -1.61. The smallest absolute Gasteiger partial charge is 0.173 e. The summed E-state index contributed by atoms with van der Waals surface area (Å²) in [5.74, 6) is 0.0110.